The van der Waals surface area contributed by atoms with E-state index in [1.165, 1.54) is 0 Å². The van der Waals surface area contributed by atoms with E-state index in [9.17, 15) is 46.0 Å². The van der Waals surface area contributed by atoms with Crippen LogP contribution in [0.1, 0.15) is 28.4 Å². The fourth-order valence-corrected chi connectivity index (χ4v) is 3.66. The monoisotopic (exact) mass is 481 g/mol. The van der Waals surface area contributed by atoms with E-state index in [-0.39, 0.29) is 51.8 Å². The Bertz CT molecular complexity index is 1350. The second-order valence-electron chi connectivity index (χ2n) is 6.91. The lowest BCUT2D eigenvalue weighted by Crippen LogP contribution is -2.15. The zero-order valence-corrected chi connectivity index (χ0v) is 17.9. The minimum Gasteiger partial charge on any atom is -0.460 e. The van der Waals surface area contributed by atoms with E-state index >= 15 is 0 Å². The van der Waals surface area contributed by atoms with Gasteiger partial charge in [0.1, 0.15) is 24.3 Å². The maximum Gasteiger partial charge on any atom is 0.338 e. The number of hydrogen-bond acceptors (Lipinski definition) is 12. The van der Waals surface area contributed by atoms with Crippen molar-refractivity contribution in [3.05, 3.63) is 66.8 Å². The van der Waals surface area contributed by atoms with Crippen molar-refractivity contribution in [3.63, 3.8) is 0 Å². The number of esters is 1. The number of benzene rings is 2. The maximum atomic E-state index is 12.9. The predicted octanol–water partition coefficient (Wildman–Crippen LogP) is 3.11. The van der Waals surface area contributed by atoms with E-state index < -0.39 is 38.5 Å². The maximum absolute atomic E-state index is 12.9. The molecule has 0 heterocycles. The SMILES string of the molecule is CCOCCOC(=O)c1cc(N(O)O)cc2c1-c1c(cc([N+](=O)[O-])cc1[N+](=O)[O-])C2=C(C#N)C#N. The number of rotatable bonds is 8. The highest BCUT2D eigenvalue weighted by atomic mass is 16.8. The van der Waals surface area contributed by atoms with Gasteiger partial charge in [0.05, 0.1) is 39.3 Å². The van der Waals surface area contributed by atoms with Crippen LogP contribution in [0.3, 0.4) is 0 Å². The lowest BCUT2D eigenvalue weighted by molar-refractivity contribution is -0.393. The van der Waals surface area contributed by atoms with Crippen molar-refractivity contribution >= 4 is 28.6 Å². The molecule has 3 rings (SSSR count). The van der Waals surface area contributed by atoms with Gasteiger partial charge < -0.3 is 9.47 Å². The number of nitro groups is 2. The van der Waals surface area contributed by atoms with Crippen molar-refractivity contribution in [2.75, 3.05) is 25.0 Å². The van der Waals surface area contributed by atoms with E-state index in [0.29, 0.717) is 12.7 Å². The molecule has 0 bridgehead atoms. The van der Waals surface area contributed by atoms with Gasteiger partial charge in [-0.15, -0.1) is 5.23 Å². The first-order chi connectivity index (χ1) is 16.7. The van der Waals surface area contributed by atoms with Crippen LogP contribution in [0.25, 0.3) is 16.7 Å². The number of anilines is 1. The summed E-state index contributed by atoms with van der Waals surface area (Å²) in [7, 11) is 0. The summed E-state index contributed by atoms with van der Waals surface area (Å²) in [5.74, 6) is -1.03. The minimum atomic E-state index is -1.03. The lowest BCUT2D eigenvalue weighted by Gasteiger charge is -2.15. The molecule has 14 nitrogen and oxygen atoms in total. The Morgan fingerprint density at radius 1 is 1.03 bits per heavy atom. The van der Waals surface area contributed by atoms with Gasteiger partial charge >= 0.3 is 5.97 Å². The summed E-state index contributed by atoms with van der Waals surface area (Å²) < 4.78 is 10.2. The number of nitriles is 2. The largest absolute Gasteiger partial charge is 0.460 e. The zero-order chi connectivity index (χ0) is 25.9. The molecule has 2 aromatic carbocycles. The number of nitrogens with zero attached hydrogens (tertiary/aromatic N) is 5. The van der Waals surface area contributed by atoms with Crippen LogP contribution in [-0.2, 0) is 9.47 Å². The van der Waals surface area contributed by atoms with Gasteiger partial charge in [0.15, 0.2) is 0 Å². The molecule has 178 valence electrons. The molecule has 0 spiro atoms. The van der Waals surface area contributed by atoms with Crippen molar-refractivity contribution in [3.8, 4) is 23.3 Å². The summed E-state index contributed by atoms with van der Waals surface area (Å²) in [6.45, 7) is 1.91. The fourth-order valence-electron chi connectivity index (χ4n) is 3.66. The summed E-state index contributed by atoms with van der Waals surface area (Å²) in [5, 5.41) is 61.2. The Kier molecular flexibility index (Phi) is 7.03. The number of non-ortho nitro benzene ring substituents is 1. The number of hydrogen-bond donors (Lipinski definition) is 2. The van der Waals surface area contributed by atoms with E-state index in [0.717, 1.165) is 18.2 Å². The van der Waals surface area contributed by atoms with Crippen LogP contribution < -0.4 is 5.23 Å². The summed E-state index contributed by atoms with van der Waals surface area (Å²) in [6, 6.07) is 6.91. The molecular formula is C21H15N5O9. The quantitative estimate of drug-likeness (QED) is 0.156. The van der Waals surface area contributed by atoms with Crippen LogP contribution in [0.15, 0.2) is 29.8 Å². The second kappa shape index (κ2) is 9.94. The zero-order valence-electron chi connectivity index (χ0n) is 17.9. The third-order valence-electron chi connectivity index (χ3n) is 5.01. The lowest BCUT2D eigenvalue weighted by atomic mass is 9.96. The van der Waals surface area contributed by atoms with Gasteiger partial charge in [-0.3, -0.25) is 30.6 Å². The first kappa shape index (κ1) is 24.7. The standard InChI is InChI=1S/C21H15N5O9/c1-2-34-3-4-35-21(27)16-7-12(24(28)29)5-14-18(11(9-22)10-23)15-6-13(25(30)31)8-17(26(32)33)20(15)19(14)16/h5-8,28-29H,2-4H2,1H3. The molecule has 0 aliphatic heterocycles. The Morgan fingerprint density at radius 3 is 2.23 bits per heavy atom. The topological polar surface area (TPSA) is 213 Å². The molecule has 0 radical (unpaired) electrons. The number of allylic oxidation sites excluding steroid dienone is 1. The van der Waals surface area contributed by atoms with Crippen molar-refractivity contribution < 1.29 is 34.5 Å². The number of ether oxygens (including phenoxy) is 2. The third-order valence-corrected chi connectivity index (χ3v) is 5.01. The third kappa shape index (κ3) is 4.48. The summed E-state index contributed by atoms with van der Waals surface area (Å²) >= 11 is 0. The molecule has 0 fully saturated rings. The molecule has 0 saturated carbocycles. The number of fused-ring (bicyclic) bond motifs is 3. The molecule has 14 heteroatoms. The molecule has 2 N–H and O–H groups in total. The molecule has 1 aliphatic rings. The summed E-state index contributed by atoms with van der Waals surface area (Å²) in [4.78, 5) is 34.5. The van der Waals surface area contributed by atoms with Crippen molar-refractivity contribution in [2.45, 2.75) is 6.92 Å². The van der Waals surface area contributed by atoms with Crippen molar-refractivity contribution in [1.29, 1.82) is 10.5 Å². The van der Waals surface area contributed by atoms with Gasteiger partial charge in [0, 0.05) is 29.4 Å². The highest BCUT2D eigenvalue weighted by molar-refractivity contribution is 6.14. The molecule has 2 aromatic rings. The second-order valence-corrected chi connectivity index (χ2v) is 6.91. The van der Waals surface area contributed by atoms with Crippen LogP contribution in [0.5, 0.6) is 0 Å². The van der Waals surface area contributed by atoms with Crippen molar-refractivity contribution in [2.24, 2.45) is 0 Å². The molecule has 35 heavy (non-hydrogen) atoms. The molecule has 0 unspecified atom stereocenters. The minimum absolute atomic E-state index is 0.0390. The van der Waals surface area contributed by atoms with Crippen LogP contribution in [-0.4, -0.2) is 46.1 Å². The number of nitro benzene ring substituents is 2. The average molecular weight is 481 g/mol. The Morgan fingerprint density at radius 2 is 1.69 bits per heavy atom. The van der Waals surface area contributed by atoms with Gasteiger partial charge in [-0.05, 0) is 24.6 Å². The fraction of sp³-hybridized carbons (Fsp3) is 0.190. The molecule has 1 aliphatic carbocycles. The molecule has 0 saturated heterocycles. The highest BCUT2D eigenvalue weighted by Crippen LogP contribution is 2.53. The highest BCUT2D eigenvalue weighted by Gasteiger charge is 2.39. The van der Waals surface area contributed by atoms with Crippen LogP contribution in [0.2, 0.25) is 0 Å². The first-order valence-corrected chi connectivity index (χ1v) is 9.79. The van der Waals surface area contributed by atoms with Crippen LogP contribution in [0.4, 0.5) is 17.1 Å². The number of carbonyl (C=O) groups is 1. The Balaban J connectivity index is 2.45. The van der Waals surface area contributed by atoms with Gasteiger partial charge in [-0.1, -0.05) is 0 Å². The van der Waals surface area contributed by atoms with Gasteiger partial charge in [0.2, 0.25) is 0 Å². The molecule has 0 aromatic heterocycles. The van der Waals surface area contributed by atoms with E-state index in [2.05, 4.69) is 0 Å². The van der Waals surface area contributed by atoms with Gasteiger partial charge in [-0.25, -0.2) is 4.79 Å². The normalized spacial score (nSPS) is 11.1. The number of carbonyl (C=O) groups excluding carboxylic acids is 1. The summed E-state index contributed by atoms with van der Waals surface area (Å²) in [6.07, 6.45) is 0. The Hall–Kier alpha value is -4.89. The van der Waals surface area contributed by atoms with Gasteiger partial charge in [-0.2, -0.15) is 10.5 Å². The summed E-state index contributed by atoms with van der Waals surface area (Å²) in [5.41, 5.74) is -3.83. The Labute approximate surface area is 196 Å². The van der Waals surface area contributed by atoms with E-state index in [1.54, 1.807) is 19.1 Å². The molecular weight excluding hydrogens is 466 g/mol. The predicted molar refractivity (Wildman–Crippen MR) is 115 cm³/mol. The molecule has 0 atom stereocenters. The van der Waals surface area contributed by atoms with Crippen LogP contribution in [0, 0.1) is 42.9 Å². The van der Waals surface area contributed by atoms with Crippen molar-refractivity contribution in [1.82, 2.24) is 0 Å². The molecule has 0 amide bonds. The first-order valence-electron chi connectivity index (χ1n) is 9.79. The van der Waals surface area contributed by atoms with Gasteiger partial charge in [0.25, 0.3) is 11.4 Å². The smallest absolute Gasteiger partial charge is 0.338 e. The van der Waals surface area contributed by atoms with E-state index in [1.807, 2.05) is 0 Å². The van der Waals surface area contributed by atoms with Crippen LogP contribution >= 0.6 is 0 Å². The average Bonchev–Trinajstić information content (AvgIpc) is 3.15. The van der Waals surface area contributed by atoms with E-state index in [4.69, 9.17) is 9.47 Å².